The highest BCUT2D eigenvalue weighted by molar-refractivity contribution is 9.10. The molecular formula is C12H12BrNO5. The van der Waals surface area contributed by atoms with Crippen molar-refractivity contribution in [3.63, 3.8) is 0 Å². The maximum atomic E-state index is 12.1. The van der Waals surface area contributed by atoms with E-state index in [1.807, 2.05) is 0 Å². The molecule has 19 heavy (non-hydrogen) atoms. The van der Waals surface area contributed by atoms with Crippen LogP contribution >= 0.6 is 15.9 Å². The summed E-state index contributed by atoms with van der Waals surface area (Å²) in [4.78, 5) is 34.3. The van der Waals surface area contributed by atoms with Crippen molar-refractivity contribution in [1.29, 1.82) is 0 Å². The van der Waals surface area contributed by atoms with Gasteiger partial charge in [-0.1, -0.05) is 15.9 Å². The minimum atomic E-state index is -1.26. The molecule has 0 fully saturated rings. The molecule has 0 bridgehead atoms. The third kappa shape index (κ3) is 4.36. The average Bonchev–Trinajstić information content (AvgIpc) is 2.26. The van der Waals surface area contributed by atoms with Gasteiger partial charge in [-0.15, -0.1) is 0 Å². The molecule has 102 valence electrons. The number of hydrogen-bond acceptors (Lipinski definition) is 3. The third-order valence-corrected chi connectivity index (χ3v) is 2.85. The Labute approximate surface area is 117 Å². The number of nitrogens with zero attached hydrogens (tertiary/aromatic N) is 1. The first kappa shape index (κ1) is 15.2. The Bertz CT molecular complexity index is 513. The number of aryl methyl sites for hydroxylation is 1. The first-order chi connectivity index (χ1) is 8.81. The second-order valence-corrected chi connectivity index (χ2v) is 4.82. The molecular weight excluding hydrogens is 318 g/mol. The average molecular weight is 330 g/mol. The lowest BCUT2D eigenvalue weighted by Gasteiger charge is -2.19. The lowest BCUT2D eigenvalue weighted by atomic mass is 10.1. The highest BCUT2D eigenvalue weighted by Gasteiger charge is 2.22. The van der Waals surface area contributed by atoms with E-state index in [2.05, 4.69) is 15.9 Å². The molecule has 1 amide bonds. The lowest BCUT2D eigenvalue weighted by Crippen LogP contribution is -2.39. The number of benzene rings is 1. The predicted octanol–water partition coefficient (Wildman–Crippen LogP) is 1.37. The highest BCUT2D eigenvalue weighted by atomic mass is 79.9. The van der Waals surface area contributed by atoms with Gasteiger partial charge in [0.25, 0.3) is 5.91 Å². The van der Waals surface area contributed by atoms with Gasteiger partial charge in [0.15, 0.2) is 0 Å². The summed E-state index contributed by atoms with van der Waals surface area (Å²) in [6, 6.07) is 4.87. The highest BCUT2D eigenvalue weighted by Crippen LogP contribution is 2.17. The number of rotatable bonds is 5. The van der Waals surface area contributed by atoms with E-state index >= 15 is 0 Å². The molecule has 0 atom stereocenters. The summed E-state index contributed by atoms with van der Waals surface area (Å²) >= 11 is 3.25. The predicted molar refractivity (Wildman–Crippen MR) is 70.1 cm³/mol. The van der Waals surface area contributed by atoms with Crippen LogP contribution in [0.3, 0.4) is 0 Å². The molecule has 2 N–H and O–H groups in total. The first-order valence-electron chi connectivity index (χ1n) is 5.30. The number of halogens is 1. The summed E-state index contributed by atoms with van der Waals surface area (Å²) in [6.45, 7) is 0.388. The van der Waals surface area contributed by atoms with Gasteiger partial charge in [-0.3, -0.25) is 14.4 Å². The Morgan fingerprint density at radius 3 is 2.11 bits per heavy atom. The van der Waals surface area contributed by atoms with E-state index in [9.17, 15) is 14.4 Å². The maximum Gasteiger partial charge on any atom is 0.323 e. The normalized spacial score (nSPS) is 10.0. The Hall–Kier alpha value is -1.89. The zero-order valence-electron chi connectivity index (χ0n) is 10.1. The van der Waals surface area contributed by atoms with Gasteiger partial charge in [-0.25, -0.2) is 0 Å². The van der Waals surface area contributed by atoms with Crippen molar-refractivity contribution < 1.29 is 24.6 Å². The number of carboxylic acid groups (broad SMARTS) is 2. The van der Waals surface area contributed by atoms with Crippen LogP contribution in [0, 0.1) is 6.92 Å². The van der Waals surface area contributed by atoms with E-state index in [1.165, 1.54) is 6.07 Å². The third-order valence-electron chi connectivity index (χ3n) is 2.36. The van der Waals surface area contributed by atoms with Crippen molar-refractivity contribution in [2.75, 3.05) is 13.1 Å². The van der Waals surface area contributed by atoms with Crippen LogP contribution in [0.15, 0.2) is 22.7 Å². The van der Waals surface area contributed by atoms with Crippen molar-refractivity contribution in [2.24, 2.45) is 0 Å². The molecule has 0 saturated heterocycles. The Morgan fingerprint density at radius 2 is 1.68 bits per heavy atom. The van der Waals surface area contributed by atoms with E-state index in [0.29, 0.717) is 5.56 Å². The molecule has 0 heterocycles. The largest absolute Gasteiger partial charge is 0.480 e. The number of aliphatic carboxylic acids is 2. The fraction of sp³-hybridized carbons (Fsp3) is 0.250. The van der Waals surface area contributed by atoms with Gasteiger partial charge in [-0.05, 0) is 30.7 Å². The summed E-state index contributed by atoms with van der Waals surface area (Å²) in [5.41, 5.74) is 0.922. The van der Waals surface area contributed by atoms with Crippen molar-refractivity contribution >= 4 is 33.8 Å². The molecule has 1 aromatic carbocycles. The molecule has 0 unspecified atom stereocenters. The van der Waals surface area contributed by atoms with E-state index in [4.69, 9.17) is 10.2 Å². The smallest absolute Gasteiger partial charge is 0.323 e. The summed E-state index contributed by atoms with van der Waals surface area (Å²) in [6.07, 6.45) is 0. The number of amides is 1. The van der Waals surface area contributed by atoms with E-state index < -0.39 is 30.9 Å². The van der Waals surface area contributed by atoms with Crippen molar-refractivity contribution in [3.8, 4) is 0 Å². The van der Waals surface area contributed by atoms with Gasteiger partial charge >= 0.3 is 11.9 Å². The summed E-state index contributed by atoms with van der Waals surface area (Å²) in [5.74, 6) is -3.14. The molecule has 0 aromatic heterocycles. The fourth-order valence-electron chi connectivity index (χ4n) is 1.56. The minimum absolute atomic E-state index is 0.283. The van der Waals surface area contributed by atoms with E-state index in [1.54, 1.807) is 19.1 Å². The molecule has 0 aliphatic heterocycles. The van der Waals surface area contributed by atoms with Crippen LogP contribution in [0.5, 0.6) is 0 Å². The molecule has 7 heteroatoms. The van der Waals surface area contributed by atoms with Crippen LogP contribution in [0.1, 0.15) is 15.9 Å². The summed E-state index contributed by atoms with van der Waals surface area (Å²) < 4.78 is 0.782. The minimum Gasteiger partial charge on any atom is -0.480 e. The lowest BCUT2D eigenvalue weighted by molar-refractivity contribution is -0.140. The zero-order chi connectivity index (χ0) is 14.6. The molecule has 1 aromatic rings. The van der Waals surface area contributed by atoms with Gasteiger partial charge in [0.05, 0.1) is 0 Å². The van der Waals surface area contributed by atoms with Crippen LogP contribution in [-0.4, -0.2) is 46.0 Å². The van der Waals surface area contributed by atoms with Gasteiger partial charge < -0.3 is 15.1 Å². The second kappa shape index (κ2) is 6.33. The van der Waals surface area contributed by atoms with Crippen LogP contribution in [-0.2, 0) is 9.59 Å². The summed E-state index contributed by atoms with van der Waals surface area (Å²) in [7, 11) is 0. The maximum absolute atomic E-state index is 12.1. The Kier molecular flexibility index (Phi) is 5.05. The Morgan fingerprint density at radius 1 is 1.16 bits per heavy atom. The van der Waals surface area contributed by atoms with Crippen LogP contribution in [0.2, 0.25) is 0 Å². The number of hydrogen-bond donors (Lipinski definition) is 2. The van der Waals surface area contributed by atoms with Crippen LogP contribution < -0.4 is 0 Å². The molecule has 0 saturated carbocycles. The first-order valence-corrected chi connectivity index (χ1v) is 6.09. The van der Waals surface area contributed by atoms with Crippen LogP contribution in [0.25, 0.3) is 0 Å². The second-order valence-electron chi connectivity index (χ2n) is 3.91. The molecule has 0 spiro atoms. The molecule has 0 radical (unpaired) electrons. The quantitative estimate of drug-likeness (QED) is 0.850. The topological polar surface area (TPSA) is 94.9 Å². The number of carboxylic acids is 2. The summed E-state index contributed by atoms with van der Waals surface area (Å²) in [5, 5.41) is 17.4. The number of carbonyl (C=O) groups is 3. The fourth-order valence-corrected chi connectivity index (χ4v) is 2.04. The van der Waals surface area contributed by atoms with Gasteiger partial charge in [0.1, 0.15) is 13.1 Å². The van der Waals surface area contributed by atoms with E-state index in [0.717, 1.165) is 9.37 Å². The van der Waals surface area contributed by atoms with Gasteiger partial charge in [-0.2, -0.15) is 0 Å². The SMILES string of the molecule is Cc1cc(Br)ccc1C(=O)N(CC(=O)O)CC(=O)O. The standard InChI is InChI=1S/C12H12BrNO5/c1-7-4-8(13)2-3-9(7)12(19)14(5-10(15)16)6-11(17)18/h2-4H,5-6H2,1H3,(H,15,16)(H,17,18). The van der Waals surface area contributed by atoms with Crippen molar-refractivity contribution in [1.82, 2.24) is 4.90 Å². The van der Waals surface area contributed by atoms with Crippen molar-refractivity contribution in [2.45, 2.75) is 6.92 Å². The van der Waals surface area contributed by atoms with E-state index in [-0.39, 0.29) is 5.56 Å². The molecule has 0 aliphatic rings. The Balaban J connectivity index is 3.04. The molecule has 1 rings (SSSR count). The number of carbonyl (C=O) groups excluding carboxylic acids is 1. The molecule has 0 aliphatic carbocycles. The molecule has 6 nitrogen and oxygen atoms in total. The van der Waals surface area contributed by atoms with Gasteiger partial charge in [0.2, 0.25) is 0 Å². The van der Waals surface area contributed by atoms with Crippen molar-refractivity contribution in [3.05, 3.63) is 33.8 Å². The zero-order valence-corrected chi connectivity index (χ0v) is 11.7. The van der Waals surface area contributed by atoms with Crippen LogP contribution in [0.4, 0.5) is 0 Å². The van der Waals surface area contributed by atoms with Gasteiger partial charge in [0, 0.05) is 10.0 Å². The monoisotopic (exact) mass is 329 g/mol.